The van der Waals surface area contributed by atoms with Gasteiger partial charge in [-0.15, -0.1) is 0 Å². The van der Waals surface area contributed by atoms with Gasteiger partial charge in [-0.1, -0.05) is 6.07 Å². The van der Waals surface area contributed by atoms with Crippen molar-refractivity contribution in [3.05, 3.63) is 18.2 Å². The third kappa shape index (κ3) is 4.31. The first-order valence-electron chi connectivity index (χ1n) is 6.94. The molecule has 5 N–H and O–H groups in total. The zero-order valence-corrected chi connectivity index (χ0v) is 13.1. The quantitative estimate of drug-likeness (QED) is 0.638. The molecule has 118 valence electrons. The van der Waals surface area contributed by atoms with E-state index in [9.17, 15) is 8.42 Å². The Hall–Kier alpha value is -1.35. The van der Waals surface area contributed by atoms with Gasteiger partial charge in [0.05, 0.1) is 11.4 Å². The SMILES string of the molecule is CN1CCN(CCNc2cccc(S(N)(=O)=O)c2N)CC1. The second-order valence-electron chi connectivity index (χ2n) is 5.33. The summed E-state index contributed by atoms with van der Waals surface area (Å²) in [5.74, 6) is 0. The minimum atomic E-state index is -3.79. The predicted molar refractivity (Wildman–Crippen MR) is 84.7 cm³/mol. The van der Waals surface area contributed by atoms with Crippen molar-refractivity contribution in [3.8, 4) is 0 Å². The standard InChI is InChI=1S/C13H23N5O2S/c1-17-7-9-18(10-8-17)6-5-16-11-3-2-4-12(13(11)14)21(15,19)20/h2-4,16H,5-10,14H2,1H3,(H2,15,19,20). The highest BCUT2D eigenvalue weighted by atomic mass is 32.2. The Morgan fingerprint density at radius 2 is 1.90 bits per heavy atom. The second-order valence-corrected chi connectivity index (χ2v) is 6.86. The Balaban J connectivity index is 1.92. The zero-order valence-electron chi connectivity index (χ0n) is 12.2. The Kier molecular flexibility index (Phi) is 5.04. The number of anilines is 2. The van der Waals surface area contributed by atoms with E-state index in [2.05, 4.69) is 22.2 Å². The molecule has 0 amide bonds. The van der Waals surface area contributed by atoms with Gasteiger partial charge in [-0.05, 0) is 19.2 Å². The van der Waals surface area contributed by atoms with Gasteiger partial charge in [0, 0.05) is 39.3 Å². The van der Waals surface area contributed by atoms with E-state index in [1.807, 2.05) is 0 Å². The Morgan fingerprint density at radius 1 is 1.24 bits per heavy atom. The minimum Gasteiger partial charge on any atom is -0.396 e. The first kappa shape index (κ1) is 16.0. The monoisotopic (exact) mass is 313 g/mol. The van der Waals surface area contributed by atoms with Gasteiger partial charge in [0.2, 0.25) is 10.0 Å². The highest BCUT2D eigenvalue weighted by Gasteiger charge is 2.15. The number of nitrogens with two attached hydrogens (primary N) is 2. The number of benzene rings is 1. The molecule has 0 aliphatic carbocycles. The summed E-state index contributed by atoms with van der Waals surface area (Å²) in [6, 6.07) is 4.80. The van der Waals surface area contributed by atoms with Crippen molar-refractivity contribution in [1.82, 2.24) is 9.80 Å². The molecule has 1 aromatic carbocycles. The molecule has 8 heteroatoms. The molecule has 21 heavy (non-hydrogen) atoms. The summed E-state index contributed by atoms with van der Waals surface area (Å²) in [6.07, 6.45) is 0. The summed E-state index contributed by atoms with van der Waals surface area (Å²) < 4.78 is 22.8. The van der Waals surface area contributed by atoms with Crippen molar-refractivity contribution >= 4 is 21.4 Å². The first-order valence-corrected chi connectivity index (χ1v) is 8.48. The summed E-state index contributed by atoms with van der Waals surface area (Å²) in [5, 5.41) is 8.32. The van der Waals surface area contributed by atoms with Crippen molar-refractivity contribution in [2.24, 2.45) is 5.14 Å². The Labute approximate surface area is 125 Å². The molecule has 1 aromatic rings. The molecule has 7 nitrogen and oxygen atoms in total. The summed E-state index contributed by atoms with van der Waals surface area (Å²) >= 11 is 0. The molecule has 0 radical (unpaired) electrons. The molecule has 1 heterocycles. The van der Waals surface area contributed by atoms with Gasteiger partial charge in [0.1, 0.15) is 4.90 Å². The van der Waals surface area contributed by atoms with Crippen molar-refractivity contribution in [2.75, 3.05) is 57.4 Å². The molecule has 1 aliphatic rings. The molecular weight excluding hydrogens is 290 g/mol. The van der Waals surface area contributed by atoms with Crippen LogP contribution in [-0.2, 0) is 10.0 Å². The third-order valence-corrected chi connectivity index (χ3v) is 4.68. The van der Waals surface area contributed by atoms with Gasteiger partial charge in [-0.25, -0.2) is 13.6 Å². The topological polar surface area (TPSA) is 105 Å². The van der Waals surface area contributed by atoms with E-state index in [1.165, 1.54) is 6.07 Å². The van der Waals surface area contributed by atoms with Gasteiger partial charge in [-0.2, -0.15) is 0 Å². The van der Waals surface area contributed by atoms with E-state index in [-0.39, 0.29) is 10.6 Å². The molecule has 0 saturated carbocycles. The Morgan fingerprint density at radius 3 is 2.52 bits per heavy atom. The molecule has 0 spiro atoms. The number of likely N-dealkylation sites (N-methyl/N-ethyl adjacent to an activating group) is 1. The maximum atomic E-state index is 11.4. The van der Waals surface area contributed by atoms with Crippen molar-refractivity contribution in [3.63, 3.8) is 0 Å². The zero-order chi connectivity index (χ0) is 15.5. The Bertz CT molecular complexity index is 582. The molecule has 0 unspecified atom stereocenters. The molecular formula is C13H23N5O2S. The molecule has 1 saturated heterocycles. The van der Waals surface area contributed by atoms with E-state index >= 15 is 0 Å². The molecule has 1 fully saturated rings. The van der Waals surface area contributed by atoms with Crippen molar-refractivity contribution in [2.45, 2.75) is 4.90 Å². The van der Waals surface area contributed by atoms with Crippen LogP contribution in [0.2, 0.25) is 0 Å². The summed E-state index contributed by atoms with van der Waals surface area (Å²) in [7, 11) is -1.67. The lowest BCUT2D eigenvalue weighted by atomic mass is 10.2. The number of sulfonamides is 1. The highest BCUT2D eigenvalue weighted by molar-refractivity contribution is 7.89. The number of nitrogens with zero attached hydrogens (tertiary/aromatic N) is 2. The van der Waals surface area contributed by atoms with Crippen LogP contribution in [0.25, 0.3) is 0 Å². The fourth-order valence-electron chi connectivity index (χ4n) is 2.37. The largest absolute Gasteiger partial charge is 0.396 e. The number of hydrogen-bond acceptors (Lipinski definition) is 6. The van der Waals surface area contributed by atoms with E-state index in [1.54, 1.807) is 12.1 Å². The van der Waals surface area contributed by atoms with E-state index in [0.717, 1.165) is 32.7 Å². The van der Waals surface area contributed by atoms with E-state index < -0.39 is 10.0 Å². The van der Waals surface area contributed by atoms with Crippen LogP contribution >= 0.6 is 0 Å². The number of para-hydroxylation sites is 1. The van der Waals surface area contributed by atoms with Crippen LogP contribution in [0.1, 0.15) is 0 Å². The predicted octanol–water partition coefficient (Wildman–Crippen LogP) is -0.424. The molecule has 1 aliphatic heterocycles. The van der Waals surface area contributed by atoms with Gasteiger partial charge in [-0.3, -0.25) is 4.90 Å². The number of piperazine rings is 1. The fourth-order valence-corrected chi connectivity index (χ4v) is 3.05. The number of nitrogen functional groups attached to an aromatic ring is 1. The van der Waals surface area contributed by atoms with Crippen LogP contribution in [0.5, 0.6) is 0 Å². The molecule has 0 atom stereocenters. The lowest BCUT2D eigenvalue weighted by molar-refractivity contribution is 0.158. The van der Waals surface area contributed by atoms with Gasteiger partial charge >= 0.3 is 0 Å². The van der Waals surface area contributed by atoms with Gasteiger partial charge in [0.25, 0.3) is 0 Å². The average molecular weight is 313 g/mol. The van der Waals surface area contributed by atoms with E-state index in [0.29, 0.717) is 12.2 Å². The van der Waals surface area contributed by atoms with Crippen LogP contribution in [0, 0.1) is 0 Å². The average Bonchev–Trinajstić information content (AvgIpc) is 2.41. The van der Waals surface area contributed by atoms with Crippen LogP contribution in [-0.4, -0.2) is 64.5 Å². The fraction of sp³-hybridized carbons (Fsp3) is 0.538. The van der Waals surface area contributed by atoms with Crippen molar-refractivity contribution < 1.29 is 8.42 Å². The van der Waals surface area contributed by atoms with E-state index in [4.69, 9.17) is 10.9 Å². The van der Waals surface area contributed by atoms with Crippen LogP contribution < -0.4 is 16.2 Å². The molecule has 2 rings (SSSR count). The molecule has 0 aromatic heterocycles. The second kappa shape index (κ2) is 6.61. The highest BCUT2D eigenvalue weighted by Crippen LogP contribution is 2.25. The maximum Gasteiger partial charge on any atom is 0.240 e. The van der Waals surface area contributed by atoms with Crippen molar-refractivity contribution in [1.29, 1.82) is 0 Å². The van der Waals surface area contributed by atoms with Gasteiger partial charge < -0.3 is 16.0 Å². The summed E-state index contributed by atoms with van der Waals surface area (Å²) in [4.78, 5) is 4.64. The van der Waals surface area contributed by atoms with Gasteiger partial charge in [0.15, 0.2) is 0 Å². The number of primary sulfonamides is 1. The minimum absolute atomic E-state index is 0.0351. The lowest BCUT2D eigenvalue weighted by Crippen LogP contribution is -2.45. The number of nitrogens with one attached hydrogen (secondary N) is 1. The lowest BCUT2D eigenvalue weighted by Gasteiger charge is -2.32. The smallest absolute Gasteiger partial charge is 0.240 e. The normalized spacial score (nSPS) is 17.8. The number of hydrogen-bond donors (Lipinski definition) is 3. The maximum absolute atomic E-state index is 11.4. The summed E-state index contributed by atoms with van der Waals surface area (Å²) in [6.45, 7) is 5.84. The van der Waals surface area contributed by atoms with Crippen LogP contribution in [0.3, 0.4) is 0 Å². The number of rotatable bonds is 5. The third-order valence-electron chi connectivity index (χ3n) is 3.71. The first-order chi connectivity index (χ1) is 9.88. The molecule has 0 bridgehead atoms. The van der Waals surface area contributed by atoms with Crippen LogP contribution in [0.4, 0.5) is 11.4 Å². The van der Waals surface area contributed by atoms with Crippen LogP contribution in [0.15, 0.2) is 23.1 Å². The summed E-state index contributed by atoms with van der Waals surface area (Å²) in [5.41, 5.74) is 6.65.